The van der Waals surface area contributed by atoms with Crippen molar-refractivity contribution in [2.24, 2.45) is 5.92 Å². The molecule has 0 saturated carbocycles. The molecular formula is C31H40N4O3S. The molecule has 1 aliphatic heterocycles. The molecule has 4 rings (SSSR count). The Morgan fingerprint density at radius 2 is 1.87 bits per heavy atom. The van der Waals surface area contributed by atoms with Gasteiger partial charge in [0.1, 0.15) is 18.1 Å². The van der Waals surface area contributed by atoms with E-state index in [1.165, 1.54) is 0 Å². The standard InChI is InChI=1S/C31H40N4O3S/c1-19(2)16-32-25(36)17-34-26(37)18-39-28(22-13-9-10-15-24(22)38-8)27-29(31(5,6)7)33-35(30(27)34)23-14-11-12-20(3)21(23)4/h9-15,19,28H,16-18H2,1-8H3,(H,32,36). The molecule has 2 amide bonds. The average Bonchev–Trinajstić information content (AvgIpc) is 3.22. The monoisotopic (exact) mass is 548 g/mol. The largest absolute Gasteiger partial charge is 0.496 e. The van der Waals surface area contributed by atoms with E-state index >= 15 is 0 Å². The molecular weight excluding hydrogens is 508 g/mol. The maximum absolute atomic E-state index is 13.8. The van der Waals surface area contributed by atoms with Gasteiger partial charge in [-0.3, -0.25) is 14.5 Å². The zero-order valence-corrected chi connectivity index (χ0v) is 25.1. The molecule has 2 heterocycles. The van der Waals surface area contributed by atoms with Gasteiger partial charge in [0.2, 0.25) is 11.8 Å². The third kappa shape index (κ3) is 5.86. The Hall–Kier alpha value is -3.26. The number of amides is 2. The first-order chi connectivity index (χ1) is 18.4. The smallest absolute Gasteiger partial charge is 0.240 e. The summed E-state index contributed by atoms with van der Waals surface area (Å²) < 4.78 is 7.66. The van der Waals surface area contributed by atoms with Crippen LogP contribution in [0.15, 0.2) is 42.5 Å². The van der Waals surface area contributed by atoms with E-state index in [2.05, 4.69) is 65.9 Å². The molecule has 3 aromatic rings. The number of aryl methyl sites for hydroxylation is 1. The summed E-state index contributed by atoms with van der Waals surface area (Å²) in [6.07, 6.45) is 0. The van der Waals surface area contributed by atoms with Crippen LogP contribution in [0.5, 0.6) is 5.75 Å². The summed E-state index contributed by atoms with van der Waals surface area (Å²) in [7, 11) is 1.67. The van der Waals surface area contributed by atoms with Gasteiger partial charge in [0, 0.05) is 23.1 Å². The van der Waals surface area contributed by atoms with Gasteiger partial charge in [-0.2, -0.15) is 5.10 Å². The first kappa shape index (κ1) is 28.7. The van der Waals surface area contributed by atoms with Gasteiger partial charge >= 0.3 is 0 Å². The van der Waals surface area contributed by atoms with Crippen LogP contribution in [-0.4, -0.2) is 47.5 Å². The number of rotatable bonds is 7. The average molecular weight is 549 g/mol. The minimum Gasteiger partial charge on any atom is -0.496 e. The number of aromatic nitrogens is 2. The minimum atomic E-state index is -0.327. The molecule has 0 bridgehead atoms. The van der Waals surface area contributed by atoms with Crippen molar-refractivity contribution in [1.82, 2.24) is 15.1 Å². The normalized spacial score (nSPS) is 15.8. The summed E-state index contributed by atoms with van der Waals surface area (Å²) >= 11 is 1.56. The second-order valence-electron chi connectivity index (χ2n) is 11.6. The van der Waals surface area contributed by atoms with Crippen molar-refractivity contribution in [3.05, 3.63) is 70.4 Å². The van der Waals surface area contributed by atoms with Crippen molar-refractivity contribution >= 4 is 29.4 Å². The molecule has 39 heavy (non-hydrogen) atoms. The summed E-state index contributed by atoms with van der Waals surface area (Å²) in [5.74, 6) is 1.64. The van der Waals surface area contributed by atoms with Crippen LogP contribution >= 0.6 is 11.8 Å². The second-order valence-corrected chi connectivity index (χ2v) is 12.7. The number of methoxy groups -OCH3 is 1. The quantitative estimate of drug-likeness (QED) is 0.408. The lowest BCUT2D eigenvalue weighted by Crippen LogP contribution is -2.43. The second kappa shape index (κ2) is 11.5. The molecule has 0 saturated heterocycles. The van der Waals surface area contributed by atoms with Gasteiger partial charge in [-0.1, -0.05) is 65.0 Å². The number of nitrogens with one attached hydrogen (secondary N) is 1. The number of ether oxygens (including phenoxy) is 1. The fraction of sp³-hybridized carbons (Fsp3) is 0.452. The van der Waals surface area contributed by atoms with Gasteiger partial charge in [-0.15, -0.1) is 11.8 Å². The number of thioether (sulfide) groups is 1. The molecule has 208 valence electrons. The SMILES string of the molecule is COc1ccccc1C1SCC(=O)N(CC(=O)NCC(C)C)c2c1c(C(C)(C)C)nn2-c1cccc(C)c1C. The van der Waals surface area contributed by atoms with Gasteiger partial charge < -0.3 is 10.1 Å². The maximum Gasteiger partial charge on any atom is 0.240 e. The number of anilines is 1. The van der Waals surface area contributed by atoms with E-state index in [1.807, 2.05) is 35.0 Å². The topological polar surface area (TPSA) is 76.5 Å². The van der Waals surface area contributed by atoms with Crippen LogP contribution in [-0.2, 0) is 15.0 Å². The van der Waals surface area contributed by atoms with Crippen molar-refractivity contribution in [2.75, 3.05) is 30.9 Å². The van der Waals surface area contributed by atoms with Gasteiger partial charge in [0.05, 0.1) is 29.5 Å². The van der Waals surface area contributed by atoms with Crippen molar-refractivity contribution in [3.8, 4) is 11.4 Å². The predicted molar refractivity (Wildman–Crippen MR) is 159 cm³/mol. The van der Waals surface area contributed by atoms with Gasteiger partial charge in [0.15, 0.2) is 0 Å². The zero-order chi connectivity index (χ0) is 28.5. The van der Waals surface area contributed by atoms with Crippen LogP contribution in [0.1, 0.15) is 67.8 Å². The number of benzene rings is 2. The van der Waals surface area contributed by atoms with E-state index in [0.717, 1.165) is 39.4 Å². The van der Waals surface area contributed by atoms with Crippen molar-refractivity contribution < 1.29 is 14.3 Å². The highest BCUT2D eigenvalue weighted by Crippen LogP contribution is 2.50. The van der Waals surface area contributed by atoms with Gasteiger partial charge in [-0.25, -0.2) is 4.68 Å². The Kier molecular flexibility index (Phi) is 8.45. The first-order valence-electron chi connectivity index (χ1n) is 13.5. The van der Waals surface area contributed by atoms with E-state index in [9.17, 15) is 9.59 Å². The van der Waals surface area contributed by atoms with Crippen LogP contribution < -0.4 is 15.0 Å². The molecule has 8 heteroatoms. The Bertz CT molecular complexity index is 1370. The molecule has 2 aromatic carbocycles. The summed E-state index contributed by atoms with van der Waals surface area (Å²) in [4.78, 5) is 28.6. The summed E-state index contributed by atoms with van der Waals surface area (Å²) in [5, 5.41) is 7.99. The van der Waals surface area contributed by atoms with Crippen LogP contribution in [0, 0.1) is 19.8 Å². The molecule has 0 aliphatic carbocycles. The Morgan fingerprint density at radius 3 is 2.54 bits per heavy atom. The summed E-state index contributed by atoms with van der Waals surface area (Å²) in [6, 6.07) is 14.1. The van der Waals surface area contributed by atoms with E-state index < -0.39 is 0 Å². The van der Waals surface area contributed by atoms with Crippen LogP contribution in [0.25, 0.3) is 5.69 Å². The Balaban J connectivity index is 2.03. The molecule has 1 atom stereocenters. The molecule has 7 nitrogen and oxygen atoms in total. The Morgan fingerprint density at radius 1 is 1.15 bits per heavy atom. The molecule has 0 fully saturated rings. The summed E-state index contributed by atoms with van der Waals surface area (Å²) in [5.41, 5.74) is 5.59. The maximum atomic E-state index is 13.8. The van der Waals surface area contributed by atoms with E-state index in [4.69, 9.17) is 9.84 Å². The highest BCUT2D eigenvalue weighted by molar-refractivity contribution is 8.00. The van der Waals surface area contributed by atoms with E-state index in [-0.39, 0.29) is 34.8 Å². The fourth-order valence-corrected chi connectivity index (χ4v) is 6.08. The van der Waals surface area contributed by atoms with Gasteiger partial charge in [-0.05, 0) is 43.0 Å². The third-order valence-electron chi connectivity index (χ3n) is 7.03. The number of carbonyl (C=O) groups excluding carboxylic acids is 2. The first-order valence-corrected chi connectivity index (χ1v) is 14.5. The van der Waals surface area contributed by atoms with Crippen LogP contribution in [0.3, 0.4) is 0 Å². The van der Waals surface area contributed by atoms with E-state index in [1.54, 1.807) is 23.8 Å². The zero-order valence-electron chi connectivity index (χ0n) is 24.3. The number of para-hydroxylation sites is 1. The molecule has 0 spiro atoms. The minimum absolute atomic E-state index is 0.0715. The van der Waals surface area contributed by atoms with Crippen molar-refractivity contribution in [2.45, 2.75) is 59.1 Å². The number of hydrogen-bond donors (Lipinski definition) is 1. The highest BCUT2D eigenvalue weighted by Gasteiger charge is 2.40. The lowest BCUT2D eigenvalue weighted by Gasteiger charge is -2.25. The number of fused-ring (bicyclic) bond motifs is 1. The summed E-state index contributed by atoms with van der Waals surface area (Å²) in [6.45, 7) is 15.1. The molecule has 0 radical (unpaired) electrons. The van der Waals surface area contributed by atoms with Crippen LogP contribution in [0.2, 0.25) is 0 Å². The number of hydrogen-bond acceptors (Lipinski definition) is 5. The lowest BCUT2D eigenvalue weighted by atomic mass is 9.87. The fourth-order valence-electron chi connectivity index (χ4n) is 4.85. The van der Waals surface area contributed by atoms with E-state index in [0.29, 0.717) is 18.3 Å². The molecule has 1 N–H and O–H groups in total. The molecule has 1 unspecified atom stereocenters. The van der Waals surface area contributed by atoms with Crippen molar-refractivity contribution in [1.29, 1.82) is 0 Å². The van der Waals surface area contributed by atoms with Crippen molar-refractivity contribution in [3.63, 3.8) is 0 Å². The molecule has 1 aromatic heterocycles. The lowest BCUT2D eigenvalue weighted by molar-refractivity contribution is -0.123. The number of nitrogens with zero attached hydrogens (tertiary/aromatic N) is 3. The van der Waals surface area contributed by atoms with Crippen LogP contribution in [0.4, 0.5) is 5.82 Å². The predicted octanol–water partition coefficient (Wildman–Crippen LogP) is 5.74. The third-order valence-corrected chi connectivity index (χ3v) is 8.27. The number of carbonyl (C=O) groups is 2. The highest BCUT2D eigenvalue weighted by atomic mass is 32.2. The molecule has 1 aliphatic rings. The Labute approximate surface area is 236 Å². The van der Waals surface area contributed by atoms with Gasteiger partial charge in [0.25, 0.3) is 0 Å².